The molecule has 1 aromatic rings. The summed E-state index contributed by atoms with van der Waals surface area (Å²) in [6.45, 7) is 1.92. The molecule has 1 unspecified atom stereocenters. The van der Waals surface area contributed by atoms with Gasteiger partial charge in [0.05, 0.1) is 0 Å². The first-order valence-corrected chi connectivity index (χ1v) is 8.24. The zero-order valence-electron chi connectivity index (χ0n) is 12.2. The largest absolute Gasteiger partial charge is 0.480 e. The van der Waals surface area contributed by atoms with Gasteiger partial charge in [-0.15, -0.1) is 11.3 Å². The summed E-state index contributed by atoms with van der Waals surface area (Å²) in [7, 11) is 0. The molecule has 1 heterocycles. The van der Waals surface area contributed by atoms with Crippen molar-refractivity contribution in [3.8, 4) is 0 Å². The number of thiophene rings is 1. The van der Waals surface area contributed by atoms with Gasteiger partial charge in [0.25, 0.3) is 0 Å². The predicted molar refractivity (Wildman–Crippen MR) is 82.6 cm³/mol. The highest BCUT2D eigenvalue weighted by atomic mass is 32.1. The van der Waals surface area contributed by atoms with E-state index in [-0.39, 0.29) is 12.1 Å². The lowest BCUT2D eigenvalue weighted by Crippen LogP contribution is -2.59. The van der Waals surface area contributed by atoms with Crippen LogP contribution in [-0.2, 0) is 11.2 Å². The van der Waals surface area contributed by atoms with Gasteiger partial charge in [0.2, 0.25) is 0 Å². The lowest BCUT2D eigenvalue weighted by Gasteiger charge is -2.34. The van der Waals surface area contributed by atoms with E-state index in [0.717, 1.165) is 25.7 Å². The summed E-state index contributed by atoms with van der Waals surface area (Å²) in [4.78, 5) is 24.8. The number of urea groups is 1. The maximum Gasteiger partial charge on any atom is 0.329 e. The molecule has 3 N–H and O–H groups in total. The Balaban J connectivity index is 1.88. The molecule has 116 valence electrons. The fourth-order valence-corrected chi connectivity index (χ4v) is 3.64. The van der Waals surface area contributed by atoms with E-state index >= 15 is 0 Å². The molecule has 5 nitrogen and oxygen atoms in total. The van der Waals surface area contributed by atoms with Gasteiger partial charge in [-0.25, -0.2) is 9.59 Å². The minimum absolute atomic E-state index is 0.0296. The van der Waals surface area contributed by atoms with Crippen molar-refractivity contribution in [2.45, 2.75) is 57.0 Å². The Morgan fingerprint density at radius 2 is 2.10 bits per heavy atom. The van der Waals surface area contributed by atoms with Gasteiger partial charge >= 0.3 is 12.0 Å². The summed E-state index contributed by atoms with van der Waals surface area (Å²) in [5.41, 5.74) is -1.09. The number of hydrogen-bond acceptors (Lipinski definition) is 3. The van der Waals surface area contributed by atoms with E-state index in [0.29, 0.717) is 12.8 Å². The van der Waals surface area contributed by atoms with Gasteiger partial charge in [0.15, 0.2) is 0 Å². The number of carboxylic acids is 1. The summed E-state index contributed by atoms with van der Waals surface area (Å²) in [6, 6.07) is 3.59. The molecule has 0 saturated heterocycles. The second kappa shape index (κ2) is 6.93. The zero-order valence-corrected chi connectivity index (χ0v) is 13.0. The molecule has 0 aliphatic heterocycles. The Hall–Kier alpha value is -1.56. The maximum atomic E-state index is 12.1. The minimum atomic E-state index is -1.09. The van der Waals surface area contributed by atoms with Gasteiger partial charge in [-0.05, 0) is 31.2 Å². The molecule has 0 radical (unpaired) electrons. The van der Waals surface area contributed by atoms with Gasteiger partial charge in [-0.2, -0.15) is 0 Å². The van der Waals surface area contributed by atoms with E-state index in [1.165, 1.54) is 4.88 Å². The van der Waals surface area contributed by atoms with Crippen molar-refractivity contribution < 1.29 is 14.7 Å². The molecule has 2 rings (SSSR count). The SMILES string of the molecule is CC(Cc1cccs1)NC(=O)NC1(C(=O)O)CCCCC1. The number of hydrogen-bond donors (Lipinski definition) is 3. The first-order chi connectivity index (χ1) is 10.0. The van der Waals surface area contributed by atoms with E-state index in [1.807, 2.05) is 24.4 Å². The monoisotopic (exact) mass is 310 g/mol. The molecular formula is C15H22N2O3S. The molecule has 0 bridgehead atoms. The summed E-state index contributed by atoms with van der Waals surface area (Å²) < 4.78 is 0. The van der Waals surface area contributed by atoms with Gasteiger partial charge in [0.1, 0.15) is 5.54 Å². The van der Waals surface area contributed by atoms with Crippen LogP contribution in [0, 0.1) is 0 Å². The first-order valence-electron chi connectivity index (χ1n) is 7.36. The van der Waals surface area contributed by atoms with Crippen molar-refractivity contribution in [1.29, 1.82) is 0 Å². The summed E-state index contributed by atoms with van der Waals surface area (Å²) >= 11 is 1.65. The van der Waals surface area contributed by atoms with Gasteiger partial charge < -0.3 is 15.7 Å². The normalized spacial score (nSPS) is 18.7. The quantitative estimate of drug-likeness (QED) is 0.782. The number of rotatable bonds is 5. The smallest absolute Gasteiger partial charge is 0.329 e. The van der Waals surface area contributed by atoms with Crippen molar-refractivity contribution in [2.75, 3.05) is 0 Å². The predicted octanol–water partition coefficient (Wildman–Crippen LogP) is 2.77. The maximum absolute atomic E-state index is 12.1. The molecule has 6 heteroatoms. The van der Waals surface area contributed by atoms with Crippen molar-refractivity contribution in [1.82, 2.24) is 10.6 Å². The topological polar surface area (TPSA) is 78.4 Å². The van der Waals surface area contributed by atoms with Crippen molar-refractivity contribution in [3.63, 3.8) is 0 Å². The molecular weight excluding hydrogens is 288 g/mol. The average molecular weight is 310 g/mol. The van der Waals surface area contributed by atoms with Crippen LogP contribution in [0.4, 0.5) is 4.79 Å². The number of carbonyl (C=O) groups is 2. The highest BCUT2D eigenvalue weighted by Crippen LogP contribution is 2.28. The van der Waals surface area contributed by atoms with Gasteiger partial charge in [-0.1, -0.05) is 25.3 Å². The van der Waals surface area contributed by atoms with E-state index in [9.17, 15) is 14.7 Å². The summed E-state index contributed by atoms with van der Waals surface area (Å²) in [5.74, 6) is -0.928. The number of nitrogens with one attached hydrogen (secondary N) is 2. The molecule has 0 spiro atoms. The van der Waals surface area contributed by atoms with Gasteiger partial charge in [-0.3, -0.25) is 0 Å². The average Bonchev–Trinajstić information content (AvgIpc) is 2.92. The summed E-state index contributed by atoms with van der Waals surface area (Å²) in [6.07, 6.45) is 4.50. The van der Waals surface area contributed by atoms with Crippen molar-refractivity contribution in [3.05, 3.63) is 22.4 Å². The third kappa shape index (κ3) is 4.20. The van der Waals surface area contributed by atoms with Crippen molar-refractivity contribution >= 4 is 23.3 Å². The van der Waals surface area contributed by atoms with Crippen LogP contribution in [0.15, 0.2) is 17.5 Å². The fraction of sp³-hybridized carbons (Fsp3) is 0.600. The molecule has 1 fully saturated rings. The lowest BCUT2D eigenvalue weighted by atomic mass is 9.82. The Morgan fingerprint density at radius 3 is 2.67 bits per heavy atom. The van der Waals surface area contributed by atoms with Gasteiger partial charge in [0, 0.05) is 17.3 Å². The third-order valence-corrected chi connectivity index (χ3v) is 4.83. The molecule has 21 heavy (non-hydrogen) atoms. The number of amides is 2. The molecule has 1 aliphatic rings. The molecule has 1 aromatic heterocycles. The number of carbonyl (C=O) groups excluding carboxylic acids is 1. The van der Waals surface area contributed by atoms with Crippen LogP contribution in [0.25, 0.3) is 0 Å². The highest BCUT2D eigenvalue weighted by molar-refractivity contribution is 7.09. The van der Waals surface area contributed by atoms with Crippen LogP contribution in [0.3, 0.4) is 0 Å². The number of carboxylic acid groups (broad SMARTS) is 1. The van der Waals surface area contributed by atoms with Crippen LogP contribution < -0.4 is 10.6 Å². The standard InChI is InChI=1S/C15H22N2O3S/c1-11(10-12-6-5-9-21-12)16-14(20)17-15(13(18)19)7-3-2-4-8-15/h5-6,9,11H,2-4,7-8,10H2,1H3,(H,18,19)(H2,16,17,20). The van der Waals surface area contributed by atoms with E-state index in [4.69, 9.17) is 0 Å². The fourth-order valence-electron chi connectivity index (χ4n) is 2.81. The highest BCUT2D eigenvalue weighted by Gasteiger charge is 2.41. The van der Waals surface area contributed by atoms with Crippen LogP contribution in [0.5, 0.6) is 0 Å². The Labute approximate surface area is 128 Å². The van der Waals surface area contributed by atoms with E-state index < -0.39 is 11.5 Å². The molecule has 1 saturated carbocycles. The Kier molecular flexibility index (Phi) is 5.22. The van der Waals surface area contributed by atoms with Crippen LogP contribution in [0.2, 0.25) is 0 Å². The Morgan fingerprint density at radius 1 is 1.38 bits per heavy atom. The van der Waals surface area contributed by atoms with Crippen LogP contribution in [-0.4, -0.2) is 28.7 Å². The summed E-state index contributed by atoms with van der Waals surface area (Å²) in [5, 5.41) is 17.0. The van der Waals surface area contributed by atoms with Crippen molar-refractivity contribution in [2.24, 2.45) is 0 Å². The third-order valence-electron chi connectivity index (χ3n) is 3.93. The molecule has 2 amide bonds. The second-order valence-corrected chi connectivity index (χ2v) is 6.76. The Bertz CT molecular complexity index is 481. The first kappa shape index (κ1) is 15.8. The van der Waals surface area contributed by atoms with E-state index in [2.05, 4.69) is 10.6 Å². The lowest BCUT2D eigenvalue weighted by molar-refractivity contribution is -0.145. The van der Waals surface area contributed by atoms with Crippen LogP contribution in [0.1, 0.15) is 43.9 Å². The van der Waals surface area contributed by atoms with E-state index in [1.54, 1.807) is 11.3 Å². The van der Waals surface area contributed by atoms with Crippen LogP contribution >= 0.6 is 11.3 Å². The second-order valence-electron chi connectivity index (χ2n) is 5.73. The zero-order chi connectivity index (χ0) is 15.3. The number of aliphatic carboxylic acids is 1. The molecule has 1 atom stereocenters. The molecule has 0 aromatic carbocycles. The minimum Gasteiger partial charge on any atom is -0.480 e. The molecule has 1 aliphatic carbocycles.